The van der Waals surface area contributed by atoms with E-state index in [1.807, 2.05) is 0 Å². The molecule has 0 aliphatic carbocycles. The monoisotopic (exact) mass is 330 g/mol. The van der Waals surface area contributed by atoms with Crippen LogP contribution < -0.4 is 5.32 Å². The molecule has 0 fully saturated rings. The summed E-state index contributed by atoms with van der Waals surface area (Å²) in [5.41, 5.74) is 1.35. The van der Waals surface area contributed by atoms with Crippen molar-refractivity contribution >= 4 is 33.2 Å². The highest BCUT2D eigenvalue weighted by Gasteiger charge is 2.04. The second-order valence-electron chi connectivity index (χ2n) is 3.63. The Morgan fingerprint density at radius 2 is 2.17 bits per heavy atom. The van der Waals surface area contributed by atoms with Crippen LogP contribution in [0.3, 0.4) is 0 Å². The number of nitrogens with one attached hydrogen (secondary N) is 1. The number of rotatable bonds is 3. The second kappa shape index (κ2) is 5.54. The number of aromatic nitrogens is 1. The van der Waals surface area contributed by atoms with E-state index in [1.165, 1.54) is 12.1 Å². The first-order valence-corrected chi connectivity index (χ1v) is 6.25. The van der Waals surface area contributed by atoms with E-state index in [-0.39, 0.29) is 5.75 Å². The molecule has 6 heteroatoms. The van der Waals surface area contributed by atoms with Gasteiger partial charge in [-0.1, -0.05) is 17.7 Å². The molecule has 0 aliphatic heterocycles. The summed E-state index contributed by atoms with van der Waals surface area (Å²) < 4.78 is 13.9. The highest BCUT2D eigenvalue weighted by Crippen LogP contribution is 2.24. The third-order valence-electron chi connectivity index (χ3n) is 2.30. The zero-order valence-electron chi connectivity index (χ0n) is 9.12. The molecule has 0 unspecified atom stereocenters. The minimum atomic E-state index is -0.646. The van der Waals surface area contributed by atoms with Gasteiger partial charge in [0.05, 0.1) is 5.69 Å². The molecule has 18 heavy (non-hydrogen) atoms. The number of anilines is 1. The fraction of sp³-hybridized carbons (Fsp3) is 0.0833. The van der Waals surface area contributed by atoms with E-state index in [4.69, 9.17) is 16.7 Å². The first kappa shape index (κ1) is 13.1. The summed E-state index contributed by atoms with van der Waals surface area (Å²) in [4.78, 5) is 3.96. The lowest BCUT2D eigenvalue weighted by atomic mass is 10.2. The first-order chi connectivity index (χ1) is 8.56. The molecule has 94 valence electrons. The summed E-state index contributed by atoms with van der Waals surface area (Å²) in [7, 11) is 0. The summed E-state index contributed by atoms with van der Waals surface area (Å²) in [5, 5.41) is 12.5. The fourth-order valence-corrected chi connectivity index (χ4v) is 1.91. The van der Waals surface area contributed by atoms with E-state index in [2.05, 4.69) is 26.2 Å². The fourth-order valence-electron chi connectivity index (χ4n) is 1.40. The molecule has 0 amide bonds. The van der Waals surface area contributed by atoms with Crippen molar-refractivity contribution in [2.75, 3.05) is 5.32 Å². The average molecular weight is 332 g/mol. The lowest BCUT2D eigenvalue weighted by molar-refractivity contribution is 0.432. The molecule has 2 N–H and O–H groups in total. The van der Waals surface area contributed by atoms with Gasteiger partial charge in [-0.05, 0) is 39.7 Å². The van der Waals surface area contributed by atoms with Crippen LogP contribution in [0.5, 0.6) is 5.75 Å². The molecule has 0 saturated carbocycles. The van der Waals surface area contributed by atoms with E-state index in [0.29, 0.717) is 22.9 Å². The molecule has 0 bridgehead atoms. The number of benzene rings is 1. The Balaban J connectivity index is 2.11. The summed E-state index contributed by atoms with van der Waals surface area (Å²) in [6.45, 7) is 0.384. The maximum Gasteiger partial charge on any atom is 0.165 e. The molecule has 0 saturated heterocycles. The van der Waals surface area contributed by atoms with Crippen LogP contribution in [0.4, 0.5) is 10.1 Å². The minimum absolute atomic E-state index is 0.345. The lowest BCUT2D eigenvalue weighted by Gasteiger charge is -2.08. The quantitative estimate of drug-likeness (QED) is 0.837. The van der Waals surface area contributed by atoms with Crippen molar-refractivity contribution in [3.05, 3.63) is 51.5 Å². The Labute approximate surface area is 117 Å². The number of hydrogen-bond acceptors (Lipinski definition) is 3. The highest BCUT2D eigenvalue weighted by atomic mass is 79.9. The number of halogens is 3. The van der Waals surface area contributed by atoms with Gasteiger partial charge >= 0.3 is 0 Å². The Hall–Kier alpha value is -1.33. The first-order valence-electron chi connectivity index (χ1n) is 5.08. The Morgan fingerprint density at radius 3 is 2.89 bits per heavy atom. The van der Waals surface area contributed by atoms with Crippen LogP contribution >= 0.6 is 27.5 Å². The van der Waals surface area contributed by atoms with Gasteiger partial charge in [0.2, 0.25) is 0 Å². The van der Waals surface area contributed by atoms with Crippen molar-refractivity contribution in [2.45, 2.75) is 6.54 Å². The number of phenolic OH excluding ortho intramolecular Hbond substituents is 1. The van der Waals surface area contributed by atoms with Crippen LogP contribution in [0.1, 0.15) is 5.56 Å². The lowest BCUT2D eigenvalue weighted by Crippen LogP contribution is -2.01. The summed E-state index contributed by atoms with van der Waals surface area (Å²) >= 11 is 9.20. The van der Waals surface area contributed by atoms with Crippen molar-refractivity contribution in [3.8, 4) is 5.75 Å². The van der Waals surface area contributed by atoms with Gasteiger partial charge in [0.15, 0.2) is 16.7 Å². The van der Waals surface area contributed by atoms with E-state index in [9.17, 15) is 4.39 Å². The van der Waals surface area contributed by atoms with Crippen molar-refractivity contribution in [1.82, 2.24) is 4.98 Å². The van der Waals surface area contributed by atoms with Crippen molar-refractivity contribution in [3.63, 3.8) is 0 Å². The third-order valence-corrected chi connectivity index (χ3v) is 3.04. The number of phenols is 1. The SMILES string of the molecule is Oc1ccc(CNc2cc(Br)cnc2Cl)cc1F. The van der Waals surface area contributed by atoms with Gasteiger partial charge in [-0.2, -0.15) is 0 Å². The smallest absolute Gasteiger partial charge is 0.165 e. The summed E-state index contributed by atoms with van der Waals surface area (Å²) in [6, 6.07) is 5.99. The predicted molar refractivity (Wildman–Crippen MR) is 72.3 cm³/mol. The molecule has 1 heterocycles. The minimum Gasteiger partial charge on any atom is -0.505 e. The van der Waals surface area contributed by atoms with Crippen LogP contribution in [0.15, 0.2) is 34.9 Å². The van der Waals surface area contributed by atoms with Gasteiger partial charge in [0.25, 0.3) is 0 Å². The molecule has 3 nitrogen and oxygen atoms in total. The largest absolute Gasteiger partial charge is 0.505 e. The normalized spacial score (nSPS) is 10.4. The average Bonchev–Trinajstić information content (AvgIpc) is 2.34. The topological polar surface area (TPSA) is 45.1 Å². The van der Waals surface area contributed by atoms with Crippen LogP contribution in [-0.2, 0) is 6.54 Å². The Kier molecular flexibility index (Phi) is 4.04. The number of aromatic hydroxyl groups is 1. The van der Waals surface area contributed by atoms with Gasteiger partial charge in [-0.3, -0.25) is 0 Å². The molecule has 0 radical (unpaired) electrons. The maximum absolute atomic E-state index is 13.1. The molecule has 1 aromatic carbocycles. The van der Waals surface area contributed by atoms with Crippen LogP contribution in [0.25, 0.3) is 0 Å². The zero-order chi connectivity index (χ0) is 13.1. The standard InChI is InChI=1S/C12H9BrClFN2O/c13-8-4-10(12(14)17-6-8)16-5-7-1-2-11(18)9(15)3-7/h1-4,6,16,18H,5H2. The van der Waals surface area contributed by atoms with Crippen LogP contribution in [0, 0.1) is 5.82 Å². The molecule has 0 atom stereocenters. The molecular formula is C12H9BrClFN2O. The molecule has 2 aromatic rings. The predicted octanol–water partition coefficient (Wildman–Crippen LogP) is 3.95. The van der Waals surface area contributed by atoms with Gasteiger partial charge < -0.3 is 10.4 Å². The zero-order valence-corrected chi connectivity index (χ0v) is 11.5. The number of nitrogens with zero attached hydrogens (tertiary/aromatic N) is 1. The van der Waals surface area contributed by atoms with Crippen LogP contribution in [-0.4, -0.2) is 10.1 Å². The van der Waals surface area contributed by atoms with Crippen molar-refractivity contribution in [2.24, 2.45) is 0 Å². The number of pyridine rings is 1. The summed E-state index contributed by atoms with van der Waals surface area (Å²) in [5.74, 6) is -1.01. The second-order valence-corrected chi connectivity index (χ2v) is 4.90. The molecule has 0 spiro atoms. The summed E-state index contributed by atoms with van der Waals surface area (Å²) in [6.07, 6.45) is 1.59. The van der Waals surface area contributed by atoms with Crippen molar-refractivity contribution < 1.29 is 9.50 Å². The Bertz CT molecular complexity index is 580. The molecular weight excluding hydrogens is 323 g/mol. The van der Waals surface area contributed by atoms with E-state index < -0.39 is 5.82 Å². The Morgan fingerprint density at radius 1 is 1.39 bits per heavy atom. The van der Waals surface area contributed by atoms with Gasteiger partial charge in [0.1, 0.15) is 0 Å². The van der Waals surface area contributed by atoms with Gasteiger partial charge in [-0.15, -0.1) is 0 Å². The van der Waals surface area contributed by atoms with E-state index in [1.54, 1.807) is 18.3 Å². The van der Waals surface area contributed by atoms with E-state index >= 15 is 0 Å². The van der Waals surface area contributed by atoms with Gasteiger partial charge in [-0.25, -0.2) is 9.37 Å². The number of hydrogen-bond donors (Lipinski definition) is 2. The van der Waals surface area contributed by atoms with Gasteiger partial charge in [0, 0.05) is 17.2 Å². The molecule has 1 aromatic heterocycles. The highest BCUT2D eigenvalue weighted by molar-refractivity contribution is 9.10. The van der Waals surface area contributed by atoms with Crippen LogP contribution in [0.2, 0.25) is 5.15 Å². The maximum atomic E-state index is 13.1. The third kappa shape index (κ3) is 3.11. The molecule has 0 aliphatic rings. The van der Waals surface area contributed by atoms with E-state index in [0.717, 1.165) is 4.47 Å². The van der Waals surface area contributed by atoms with Crippen molar-refractivity contribution in [1.29, 1.82) is 0 Å². The molecule has 2 rings (SSSR count).